The van der Waals surface area contributed by atoms with Crippen LogP contribution in [0.4, 0.5) is 10.1 Å². The zero-order valence-corrected chi connectivity index (χ0v) is 10.7. The van der Waals surface area contributed by atoms with Gasteiger partial charge >= 0.3 is 0 Å². The molecule has 0 bridgehead atoms. The molecule has 0 aliphatic rings. The first-order chi connectivity index (χ1) is 8.56. The van der Waals surface area contributed by atoms with Crippen molar-refractivity contribution in [3.8, 4) is 5.75 Å². The van der Waals surface area contributed by atoms with Gasteiger partial charge in [-0.15, -0.1) is 0 Å². The van der Waals surface area contributed by atoms with Crippen molar-refractivity contribution >= 4 is 17.3 Å². The standard InChI is InChI=1S/C14H13ClFNO/c1-9-2-4-11(16)7-14(9)18-8-10-3-5-12(15)13(17)6-10/h2-7H,8,17H2,1H3. The van der Waals surface area contributed by atoms with Crippen molar-refractivity contribution in [3.63, 3.8) is 0 Å². The van der Waals surface area contributed by atoms with Crippen LogP contribution < -0.4 is 10.5 Å². The van der Waals surface area contributed by atoms with Crippen molar-refractivity contribution in [2.45, 2.75) is 13.5 Å². The van der Waals surface area contributed by atoms with Crippen LogP contribution in [-0.2, 0) is 6.61 Å². The third-order valence-corrected chi connectivity index (χ3v) is 2.95. The molecular formula is C14H13ClFNO. The van der Waals surface area contributed by atoms with Gasteiger partial charge in [0.1, 0.15) is 18.2 Å². The summed E-state index contributed by atoms with van der Waals surface area (Å²) >= 11 is 5.83. The van der Waals surface area contributed by atoms with Gasteiger partial charge in [0, 0.05) is 6.07 Å². The number of anilines is 1. The SMILES string of the molecule is Cc1ccc(F)cc1OCc1ccc(Cl)c(N)c1. The highest BCUT2D eigenvalue weighted by atomic mass is 35.5. The van der Waals surface area contributed by atoms with Crippen molar-refractivity contribution < 1.29 is 9.13 Å². The molecule has 18 heavy (non-hydrogen) atoms. The summed E-state index contributed by atoms with van der Waals surface area (Å²) in [5.74, 6) is 0.217. The van der Waals surface area contributed by atoms with Crippen molar-refractivity contribution in [1.29, 1.82) is 0 Å². The molecule has 2 N–H and O–H groups in total. The molecule has 0 saturated carbocycles. The Bertz CT molecular complexity index is 572. The van der Waals surface area contributed by atoms with E-state index in [-0.39, 0.29) is 5.82 Å². The Balaban J connectivity index is 2.11. The Morgan fingerprint density at radius 3 is 2.72 bits per heavy atom. The van der Waals surface area contributed by atoms with Crippen LogP contribution in [0.25, 0.3) is 0 Å². The first kappa shape index (κ1) is 12.7. The van der Waals surface area contributed by atoms with Gasteiger partial charge in [-0.3, -0.25) is 0 Å². The predicted molar refractivity (Wildman–Crippen MR) is 71.3 cm³/mol. The Morgan fingerprint density at radius 2 is 2.00 bits per heavy atom. The minimum atomic E-state index is -0.314. The summed E-state index contributed by atoms with van der Waals surface area (Å²) in [5, 5.41) is 0.515. The second kappa shape index (κ2) is 5.27. The van der Waals surface area contributed by atoms with Crippen molar-refractivity contribution in [2.24, 2.45) is 0 Å². The van der Waals surface area contributed by atoms with Crippen LogP contribution in [0.15, 0.2) is 36.4 Å². The van der Waals surface area contributed by atoms with Crippen molar-refractivity contribution in [2.75, 3.05) is 5.73 Å². The second-order valence-electron chi connectivity index (χ2n) is 4.05. The average molecular weight is 266 g/mol. The normalized spacial score (nSPS) is 10.4. The molecule has 2 nitrogen and oxygen atoms in total. The highest BCUT2D eigenvalue weighted by Crippen LogP contribution is 2.23. The van der Waals surface area contributed by atoms with Crippen LogP contribution in [0, 0.1) is 12.7 Å². The van der Waals surface area contributed by atoms with Gasteiger partial charge in [0.15, 0.2) is 0 Å². The molecule has 2 aromatic carbocycles. The third-order valence-electron chi connectivity index (χ3n) is 2.60. The fraction of sp³-hybridized carbons (Fsp3) is 0.143. The van der Waals surface area contributed by atoms with Gasteiger partial charge in [-0.1, -0.05) is 23.7 Å². The Kier molecular flexibility index (Phi) is 3.72. The molecule has 0 spiro atoms. The number of aryl methyl sites for hydroxylation is 1. The molecule has 0 atom stereocenters. The van der Waals surface area contributed by atoms with E-state index in [0.29, 0.717) is 23.1 Å². The summed E-state index contributed by atoms with van der Waals surface area (Å²) in [6, 6.07) is 9.75. The molecule has 94 valence electrons. The van der Waals surface area contributed by atoms with Gasteiger partial charge in [-0.05, 0) is 36.2 Å². The predicted octanol–water partition coefficient (Wildman–Crippen LogP) is 3.95. The molecule has 0 radical (unpaired) electrons. The van der Waals surface area contributed by atoms with Crippen LogP contribution in [0.2, 0.25) is 5.02 Å². The highest BCUT2D eigenvalue weighted by Gasteiger charge is 2.03. The van der Waals surface area contributed by atoms with E-state index < -0.39 is 0 Å². The average Bonchev–Trinajstić information content (AvgIpc) is 2.34. The van der Waals surface area contributed by atoms with Gasteiger partial charge in [0.2, 0.25) is 0 Å². The molecule has 0 saturated heterocycles. The lowest BCUT2D eigenvalue weighted by Gasteiger charge is -2.10. The second-order valence-corrected chi connectivity index (χ2v) is 4.46. The summed E-state index contributed by atoms with van der Waals surface area (Å²) in [6.07, 6.45) is 0. The van der Waals surface area contributed by atoms with Crippen molar-refractivity contribution in [1.82, 2.24) is 0 Å². The van der Waals surface area contributed by atoms with Crippen LogP contribution >= 0.6 is 11.6 Å². The number of nitrogens with two attached hydrogens (primary N) is 1. The smallest absolute Gasteiger partial charge is 0.126 e. The van der Waals surface area contributed by atoms with E-state index in [0.717, 1.165) is 11.1 Å². The Hall–Kier alpha value is -1.74. The maximum Gasteiger partial charge on any atom is 0.126 e. The highest BCUT2D eigenvalue weighted by molar-refractivity contribution is 6.33. The molecule has 0 heterocycles. The first-order valence-electron chi connectivity index (χ1n) is 5.49. The van der Waals surface area contributed by atoms with Crippen molar-refractivity contribution in [3.05, 3.63) is 58.4 Å². The van der Waals surface area contributed by atoms with E-state index in [9.17, 15) is 4.39 Å². The van der Waals surface area contributed by atoms with E-state index in [4.69, 9.17) is 22.1 Å². The first-order valence-corrected chi connectivity index (χ1v) is 5.87. The van der Waals surface area contributed by atoms with Gasteiger partial charge in [0.05, 0.1) is 10.7 Å². The number of nitrogen functional groups attached to an aromatic ring is 1. The number of rotatable bonds is 3. The molecule has 2 rings (SSSR count). The number of hydrogen-bond acceptors (Lipinski definition) is 2. The minimum absolute atomic E-state index is 0.314. The van der Waals surface area contributed by atoms with Crippen LogP contribution in [0.1, 0.15) is 11.1 Å². The lowest BCUT2D eigenvalue weighted by atomic mass is 10.2. The zero-order chi connectivity index (χ0) is 13.1. The fourth-order valence-corrected chi connectivity index (χ4v) is 1.69. The van der Waals surface area contributed by atoms with E-state index in [1.165, 1.54) is 12.1 Å². The van der Waals surface area contributed by atoms with Gasteiger partial charge in [-0.25, -0.2) is 4.39 Å². The van der Waals surface area contributed by atoms with E-state index in [1.54, 1.807) is 18.2 Å². The number of benzene rings is 2. The fourth-order valence-electron chi connectivity index (χ4n) is 1.57. The quantitative estimate of drug-likeness (QED) is 0.853. The maximum atomic E-state index is 13.1. The summed E-state index contributed by atoms with van der Waals surface area (Å²) in [5.41, 5.74) is 7.98. The van der Waals surface area contributed by atoms with Gasteiger partial charge < -0.3 is 10.5 Å². The summed E-state index contributed by atoms with van der Waals surface area (Å²) in [7, 11) is 0. The molecule has 4 heteroatoms. The molecule has 0 fully saturated rings. The number of halogens is 2. The lowest BCUT2D eigenvalue weighted by molar-refractivity contribution is 0.302. The topological polar surface area (TPSA) is 35.2 Å². The molecule has 0 aromatic heterocycles. The molecule has 0 aliphatic carbocycles. The molecule has 0 amide bonds. The molecule has 0 aliphatic heterocycles. The molecule has 0 unspecified atom stereocenters. The number of ether oxygens (including phenoxy) is 1. The number of hydrogen-bond donors (Lipinski definition) is 1. The minimum Gasteiger partial charge on any atom is -0.489 e. The Labute approximate surface area is 110 Å². The molecule has 2 aromatic rings. The van der Waals surface area contributed by atoms with Gasteiger partial charge in [-0.2, -0.15) is 0 Å². The Morgan fingerprint density at radius 1 is 1.22 bits per heavy atom. The van der Waals surface area contributed by atoms with Gasteiger partial charge in [0.25, 0.3) is 0 Å². The molecular weight excluding hydrogens is 253 g/mol. The van der Waals surface area contributed by atoms with Crippen LogP contribution in [-0.4, -0.2) is 0 Å². The van der Waals surface area contributed by atoms with Crippen LogP contribution in [0.3, 0.4) is 0 Å². The van der Waals surface area contributed by atoms with Crippen LogP contribution in [0.5, 0.6) is 5.75 Å². The summed E-state index contributed by atoms with van der Waals surface area (Å²) < 4.78 is 18.6. The lowest BCUT2D eigenvalue weighted by Crippen LogP contribution is -1.98. The largest absolute Gasteiger partial charge is 0.489 e. The maximum absolute atomic E-state index is 13.1. The summed E-state index contributed by atoms with van der Waals surface area (Å²) in [6.45, 7) is 2.19. The van der Waals surface area contributed by atoms with E-state index >= 15 is 0 Å². The third kappa shape index (κ3) is 2.93. The zero-order valence-electron chi connectivity index (χ0n) is 9.91. The monoisotopic (exact) mass is 265 g/mol. The van der Waals surface area contributed by atoms with E-state index in [2.05, 4.69) is 0 Å². The summed E-state index contributed by atoms with van der Waals surface area (Å²) in [4.78, 5) is 0. The van der Waals surface area contributed by atoms with E-state index in [1.807, 2.05) is 13.0 Å².